The number of aromatic nitrogens is 4. The van der Waals surface area contributed by atoms with Gasteiger partial charge in [0, 0.05) is 0 Å². The van der Waals surface area contributed by atoms with Crippen LogP contribution in [0.4, 0.5) is 5.95 Å². The molecule has 0 aliphatic carbocycles. The molecule has 0 saturated carbocycles. The molecule has 0 spiro atoms. The lowest BCUT2D eigenvalue weighted by Crippen LogP contribution is -2.15. The first-order valence-corrected chi connectivity index (χ1v) is 6.93. The Morgan fingerprint density at radius 3 is 2.74 bits per heavy atom. The molecule has 9 nitrogen and oxygen atoms in total. The van der Waals surface area contributed by atoms with Gasteiger partial charge in [0.1, 0.15) is 5.69 Å². The quantitative estimate of drug-likeness (QED) is 0.825. The van der Waals surface area contributed by atoms with Gasteiger partial charge in [-0.2, -0.15) is 4.98 Å². The van der Waals surface area contributed by atoms with Gasteiger partial charge in [0.2, 0.25) is 5.95 Å². The molecule has 0 bridgehead atoms. The molecule has 2 rings (SSSR count). The van der Waals surface area contributed by atoms with Crippen molar-refractivity contribution in [3.8, 4) is 6.01 Å². The molecule has 0 aliphatic rings. The first kappa shape index (κ1) is 13.3. The van der Waals surface area contributed by atoms with Gasteiger partial charge in [0.25, 0.3) is 10.0 Å². The number of nitrogens with zero attached hydrogens (tertiary/aromatic N) is 3. The van der Waals surface area contributed by atoms with E-state index in [1.165, 1.54) is 13.8 Å². The number of anilines is 1. The van der Waals surface area contributed by atoms with Crippen molar-refractivity contribution in [2.45, 2.75) is 25.7 Å². The zero-order valence-corrected chi connectivity index (χ0v) is 11.4. The molecule has 2 aromatic rings. The van der Waals surface area contributed by atoms with Crippen molar-refractivity contribution in [3.05, 3.63) is 11.5 Å². The molecule has 0 atom stereocenters. The van der Waals surface area contributed by atoms with Crippen molar-refractivity contribution < 1.29 is 17.7 Å². The van der Waals surface area contributed by atoms with Crippen LogP contribution < -0.4 is 9.46 Å². The number of ether oxygens (including phenoxy) is 1. The highest BCUT2D eigenvalue weighted by Gasteiger charge is 2.25. The Bertz CT molecular complexity index is 655. The standard InChI is InChI=1S/C9H13N5O4S/c1-4-17-9-10-8(11-12-9)14-19(15,16)7-5(2)13-18-6(7)3/h4H2,1-3H3,(H2,10,11,12,14). The number of nitrogens with one attached hydrogen (secondary N) is 2. The smallest absolute Gasteiger partial charge is 0.337 e. The van der Waals surface area contributed by atoms with Crippen LogP contribution in [0.25, 0.3) is 0 Å². The number of hydrogen-bond acceptors (Lipinski definition) is 7. The van der Waals surface area contributed by atoms with Crippen molar-refractivity contribution in [3.63, 3.8) is 0 Å². The van der Waals surface area contributed by atoms with E-state index in [0.717, 1.165) is 0 Å². The molecule has 104 valence electrons. The van der Waals surface area contributed by atoms with Gasteiger partial charge >= 0.3 is 6.01 Å². The SMILES string of the molecule is CCOc1n[nH]c(NS(=O)(=O)c2c(C)noc2C)n1. The molecule has 2 N–H and O–H groups in total. The molecule has 0 amide bonds. The average molecular weight is 287 g/mol. The second kappa shape index (κ2) is 4.88. The van der Waals surface area contributed by atoms with Crippen LogP contribution >= 0.6 is 0 Å². The maximum absolute atomic E-state index is 12.1. The fourth-order valence-electron chi connectivity index (χ4n) is 1.52. The third kappa shape index (κ3) is 2.67. The highest BCUT2D eigenvalue weighted by molar-refractivity contribution is 7.92. The maximum Gasteiger partial charge on any atom is 0.337 e. The third-order valence-electron chi connectivity index (χ3n) is 2.21. The summed E-state index contributed by atoms with van der Waals surface area (Å²) in [6.45, 7) is 5.20. The van der Waals surface area contributed by atoms with Gasteiger partial charge < -0.3 is 9.26 Å². The summed E-state index contributed by atoms with van der Waals surface area (Å²) in [5.41, 5.74) is 0.273. The number of aryl methyl sites for hydroxylation is 2. The Morgan fingerprint density at radius 2 is 2.16 bits per heavy atom. The maximum atomic E-state index is 12.1. The van der Waals surface area contributed by atoms with Crippen molar-refractivity contribution >= 4 is 16.0 Å². The predicted octanol–water partition coefficient (Wildman–Crippen LogP) is 0.609. The highest BCUT2D eigenvalue weighted by Crippen LogP contribution is 2.21. The number of aromatic amines is 1. The summed E-state index contributed by atoms with van der Waals surface area (Å²) in [6, 6.07) is 0.0685. The predicted molar refractivity (Wildman–Crippen MR) is 64.3 cm³/mol. The zero-order valence-electron chi connectivity index (χ0n) is 10.6. The highest BCUT2D eigenvalue weighted by atomic mass is 32.2. The number of H-pyrrole nitrogens is 1. The van der Waals surface area contributed by atoms with Gasteiger partial charge in [-0.05, 0) is 20.8 Å². The van der Waals surface area contributed by atoms with Crippen LogP contribution in [0.15, 0.2) is 9.42 Å². The molecular weight excluding hydrogens is 274 g/mol. The minimum atomic E-state index is -3.83. The summed E-state index contributed by atoms with van der Waals surface area (Å²) in [5.74, 6) is 0.165. The Balaban J connectivity index is 2.26. The van der Waals surface area contributed by atoms with Crippen LogP contribution in [-0.4, -0.2) is 35.4 Å². The monoisotopic (exact) mass is 287 g/mol. The number of sulfonamides is 1. The second-order valence-corrected chi connectivity index (χ2v) is 5.28. The van der Waals surface area contributed by atoms with Gasteiger partial charge in [0.05, 0.1) is 6.61 Å². The van der Waals surface area contributed by atoms with Gasteiger partial charge in [0.15, 0.2) is 10.7 Å². The Kier molecular flexibility index (Phi) is 3.42. The van der Waals surface area contributed by atoms with E-state index >= 15 is 0 Å². The lowest BCUT2D eigenvalue weighted by Gasteiger charge is -2.03. The summed E-state index contributed by atoms with van der Waals surface area (Å²) in [7, 11) is -3.83. The number of rotatable bonds is 5. The fraction of sp³-hybridized carbons (Fsp3) is 0.444. The molecule has 0 aromatic carbocycles. The number of hydrogen-bond donors (Lipinski definition) is 2. The van der Waals surface area contributed by atoms with E-state index in [4.69, 9.17) is 9.26 Å². The molecular formula is C9H13N5O4S. The van der Waals surface area contributed by atoms with Crippen LogP contribution in [0.5, 0.6) is 6.01 Å². The summed E-state index contributed by atoms with van der Waals surface area (Å²) in [6.07, 6.45) is 0. The van der Waals surface area contributed by atoms with E-state index in [-0.39, 0.29) is 28.3 Å². The lowest BCUT2D eigenvalue weighted by molar-refractivity contribution is 0.314. The van der Waals surface area contributed by atoms with Crippen LogP contribution in [-0.2, 0) is 10.0 Å². The van der Waals surface area contributed by atoms with Crippen LogP contribution in [0.3, 0.4) is 0 Å². The van der Waals surface area contributed by atoms with Crippen molar-refractivity contribution in [2.75, 3.05) is 11.3 Å². The van der Waals surface area contributed by atoms with E-state index in [0.29, 0.717) is 6.61 Å². The minimum absolute atomic E-state index is 0.0122. The third-order valence-corrected chi connectivity index (χ3v) is 3.79. The van der Waals surface area contributed by atoms with E-state index in [1.54, 1.807) is 6.92 Å². The van der Waals surface area contributed by atoms with Gasteiger partial charge in [-0.3, -0.25) is 0 Å². The summed E-state index contributed by atoms with van der Waals surface area (Å²) in [5, 5.41) is 9.71. The van der Waals surface area contributed by atoms with Crippen LogP contribution in [0.2, 0.25) is 0 Å². The Morgan fingerprint density at radius 1 is 1.42 bits per heavy atom. The lowest BCUT2D eigenvalue weighted by atomic mass is 10.4. The summed E-state index contributed by atoms with van der Waals surface area (Å²) >= 11 is 0. The molecule has 0 saturated heterocycles. The van der Waals surface area contributed by atoms with Crippen molar-refractivity contribution in [1.29, 1.82) is 0 Å². The van der Waals surface area contributed by atoms with Gasteiger partial charge in [-0.25, -0.2) is 18.2 Å². The average Bonchev–Trinajstić information content (AvgIpc) is 2.86. The molecule has 10 heteroatoms. The first-order valence-electron chi connectivity index (χ1n) is 5.45. The minimum Gasteiger partial charge on any atom is -0.463 e. The van der Waals surface area contributed by atoms with Crippen molar-refractivity contribution in [1.82, 2.24) is 20.3 Å². The first-order chi connectivity index (χ1) is 8.94. The molecule has 2 aromatic heterocycles. The van der Waals surface area contributed by atoms with Gasteiger partial charge in [-0.1, -0.05) is 5.16 Å². The second-order valence-electron chi connectivity index (χ2n) is 3.66. The Hall–Kier alpha value is -2.10. The molecule has 19 heavy (non-hydrogen) atoms. The van der Waals surface area contributed by atoms with E-state index in [2.05, 4.69) is 25.1 Å². The molecule has 0 radical (unpaired) electrons. The fourth-order valence-corrected chi connectivity index (χ4v) is 2.81. The van der Waals surface area contributed by atoms with E-state index in [1.807, 2.05) is 0 Å². The van der Waals surface area contributed by atoms with E-state index in [9.17, 15) is 8.42 Å². The summed E-state index contributed by atoms with van der Waals surface area (Å²) < 4.78 is 36.4. The molecule has 2 heterocycles. The largest absolute Gasteiger partial charge is 0.463 e. The topological polar surface area (TPSA) is 123 Å². The van der Waals surface area contributed by atoms with Gasteiger partial charge in [-0.15, -0.1) is 5.10 Å². The molecule has 0 fully saturated rings. The van der Waals surface area contributed by atoms with Crippen molar-refractivity contribution in [2.24, 2.45) is 0 Å². The summed E-state index contributed by atoms with van der Waals surface area (Å²) in [4.78, 5) is 3.81. The van der Waals surface area contributed by atoms with Crippen LogP contribution in [0, 0.1) is 13.8 Å². The normalized spacial score (nSPS) is 11.5. The van der Waals surface area contributed by atoms with E-state index < -0.39 is 10.0 Å². The van der Waals surface area contributed by atoms with Crippen LogP contribution in [0.1, 0.15) is 18.4 Å². The molecule has 0 unspecified atom stereocenters. The zero-order chi connectivity index (χ0) is 14.0. The Labute approximate surface area is 109 Å². The molecule has 0 aliphatic heterocycles.